The molecule has 2 rings (SSSR count). The lowest BCUT2D eigenvalue weighted by atomic mass is 10.1. The maximum absolute atomic E-state index is 12.7. The number of aryl methyl sites for hydroxylation is 1. The molecule has 0 saturated heterocycles. The average molecular weight is 432 g/mol. The third-order valence-electron chi connectivity index (χ3n) is 4.80. The molecule has 162 valence electrons. The summed E-state index contributed by atoms with van der Waals surface area (Å²) in [5.74, 6) is -0.717. The topological polar surface area (TPSA) is 86.8 Å². The minimum atomic E-state index is -3.68. The molecule has 0 saturated carbocycles. The summed E-state index contributed by atoms with van der Waals surface area (Å²) < 4.78 is 25.7. The predicted molar refractivity (Wildman–Crippen MR) is 120 cm³/mol. The summed E-state index contributed by atoms with van der Waals surface area (Å²) in [5.41, 5.74) is 2.21. The first kappa shape index (κ1) is 23.4. The van der Waals surface area contributed by atoms with Gasteiger partial charge in [-0.15, -0.1) is 0 Å². The van der Waals surface area contributed by atoms with Crippen molar-refractivity contribution in [2.75, 3.05) is 35.5 Å². The van der Waals surface area contributed by atoms with E-state index in [-0.39, 0.29) is 5.91 Å². The Hall–Kier alpha value is -2.87. The van der Waals surface area contributed by atoms with Crippen molar-refractivity contribution in [2.45, 2.75) is 27.2 Å². The van der Waals surface area contributed by atoms with Gasteiger partial charge >= 0.3 is 0 Å². The van der Waals surface area contributed by atoms with Crippen LogP contribution in [0.4, 0.5) is 11.4 Å². The zero-order valence-electron chi connectivity index (χ0n) is 17.9. The molecule has 0 aliphatic heterocycles. The summed E-state index contributed by atoms with van der Waals surface area (Å²) >= 11 is 0. The fourth-order valence-corrected chi connectivity index (χ4v) is 3.93. The molecule has 0 radical (unpaired) electrons. The number of nitrogens with one attached hydrogen (secondary N) is 1. The second-order valence-electron chi connectivity index (χ2n) is 6.86. The first-order valence-corrected chi connectivity index (χ1v) is 11.8. The van der Waals surface area contributed by atoms with Gasteiger partial charge < -0.3 is 10.2 Å². The molecule has 2 aromatic carbocycles. The Morgan fingerprint density at radius 3 is 2.07 bits per heavy atom. The minimum absolute atomic E-state index is 0.189. The monoisotopic (exact) mass is 431 g/mol. The number of sulfonamides is 1. The summed E-state index contributed by atoms with van der Waals surface area (Å²) in [4.78, 5) is 27.1. The summed E-state index contributed by atoms with van der Waals surface area (Å²) in [6.45, 7) is 6.49. The summed E-state index contributed by atoms with van der Waals surface area (Å²) in [7, 11) is -3.68. The molecule has 0 aromatic heterocycles. The molecule has 1 N–H and O–H groups in total. The van der Waals surface area contributed by atoms with E-state index < -0.39 is 22.5 Å². The number of carbonyl (C=O) groups excluding carboxylic acids is 2. The van der Waals surface area contributed by atoms with Crippen LogP contribution in [-0.2, 0) is 21.2 Å². The van der Waals surface area contributed by atoms with E-state index in [0.29, 0.717) is 30.0 Å². The summed E-state index contributed by atoms with van der Waals surface area (Å²) in [6, 6.07) is 13.8. The average Bonchev–Trinajstić information content (AvgIpc) is 2.72. The number of hydrogen-bond acceptors (Lipinski definition) is 4. The van der Waals surface area contributed by atoms with Gasteiger partial charge in [-0.3, -0.25) is 13.9 Å². The van der Waals surface area contributed by atoms with Crippen LogP contribution in [0, 0.1) is 0 Å². The standard InChI is InChI=1S/C22H29N3O4S/c1-5-17-12-14-18(15-13-17)25(30(4,28)29)16-21(26)23-20-11-9-8-10-19(20)22(27)24(6-2)7-3/h8-15H,5-7,16H2,1-4H3,(H,23,26). The molecule has 0 spiro atoms. The van der Waals surface area contributed by atoms with Gasteiger partial charge in [0.25, 0.3) is 5.91 Å². The Bertz CT molecular complexity index is 984. The van der Waals surface area contributed by atoms with E-state index in [1.807, 2.05) is 32.9 Å². The van der Waals surface area contributed by atoms with Gasteiger partial charge in [0.2, 0.25) is 15.9 Å². The van der Waals surface area contributed by atoms with Crippen molar-refractivity contribution in [1.82, 2.24) is 4.90 Å². The minimum Gasteiger partial charge on any atom is -0.339 e. The summed E-state index contributed by atoms with van der Waals surface area (Å²) in [5, 5.41) is 2.70. The smallest absolute Gasteiger partial charge is 0.255 e. The molecule has 30 heavy (non-hydrogen) atoms. The van der Waals surface area contributed by atoms with Crippen LogP contribution < -0.4 is 9.62 Å². The van der Waals surface area contributed by atoms with Crippen LogP contribution in [-0.4, -0.2) is 51.0 Å². The molecule has 0 atom stereocenters. The van der Waals surface area contributed by atoms with Gasteiger partial charge in [0.1, 0.15) is 6.54 Å². The van der Waals surface area contributed by atoms with E-state index in [2.05, 4.69) is 5.32 Å². The molecule has 0 aliphatic rings. The van der Waals surface area contributed by atoms with Crippen molar-refractivity contribution in [3.05, 3.63) is 59.7 Å². The number of rotatable bonds is 9. The number of amides is 2. The third-order valence-corrected chi connectivity index (χ3v) is 5.94. The maximum atomic E-state index is 12.7. The van der Waals surface area contributed by atoms with Crippen LogP contribution in [0.15, 0.2) is 48.5 Å². The van der Waals surface area contributed by atoms with Crippen molar-refractivity contribution < 1.29 is 18.0 Å². The van der Waals surface area contributed by atoms with E-state index in [9.17, 15) is 18.0 Å². The van der Waals surface area contributed by atoms with Crippen LogP contribution in [0.2, 0.25) is 0 Å². The highest BCUT2D eigenvalue weighted by Gasteiger charge is 2.22. The highest BCUT2D eigenvalue weighted by atomic mass is 32.2. The molecule has 0 bridgehead atoms. The number of hydrogen-bond donors (Lipinski definition) is 1. The molecule has 2 aromatic rings. The quantitative estimate of drug-likeness (QED) is 0.661. The molecule has 0 heterocycles. The van der Waals surface area contributed by atoms with Crippen molar-refractivity contribution in [3.63, 3.8) is 0 Å². The van der Waals surface area contributed by atoms with Crippen molar-refractivity contribution >= 4 is 33.2 Å². The van der Waals surface area contributed by atoms with Gasteiger partial charge in [-0.05, 0) is 50.1 Å². The highest BCUT2D eigenvalue weighted by molar-refractivity contribution is 7.92. The van der Waals surface area contributed by atoms with Gasteiger partial charge in [-0.25, -0.2) is 8.42 Å². The van der Waals surface area contributed by atoms with Crippen LogP contribution in [0.5, 0.6) is 0 Å². The maximum Gasteiger partial charge on any atom is 0.255 e. The number of nitrogens with zero attached hydrogens (tertiary/aromatic N) is 2. The lowest BCUT2D eigenvalue weighted by Crippen LogP contribution is -2.38. The van der Waals surface area contributed by atoms with E-state index >= 15 is 0 Å². The van der Waals surface area contributed by atoms with Crippen LogP contribution in [0.3, 0.4) is 0 Å². The molecular weight excluding hydrogens is 402 g/mol. The van der Waals surface area contributed by atoms with Gasteiger partial charge in [-0.1, -0.05) is 31.2 Å². The van der Waals surface area contributed by atoms with E-state index in [0.717, 1.165) is 22.5 Å². The first-order valence-electron chi connectivity index (χ1n) is 9.96. The Morgan fingerprint density at radius 2 is 1.53 bits per heavy atom. The third kappa shape index (κ3) is 5.82. The Labute approximate surface area is 178 Å². The van der Waals surface area contributed by atoms with Gasteiger partial charge in [0.05, 0.1) is 23.2 Å². The molecule has 0 aliphatic carbocycles. The molecule has 2 amide bonds. The highest BCUT2D eigenvalue weighted by Crippen LogP contribution is 2.20. The molecule has 0 unspecified atom stereocenters. The SMILES string of the molecule is CCc1ccc(N(CC(=O)Nc2ccccc2C(=O)N(CC)CC)S(C)(=O)=O)cc1. The molecule has 8 heteroatoms. The summed E-state index contributed by atoms with van der Waals surface area (Å²) in [6.07, 6.45) is 1.89. The number of carbonyl (C=O) groups is 2. The predicted octanol–water partition coefficient (Wildman–Crippen LogP) is 3.14. The molecular formula is C22H29N3O4S. The van der Waals surface area contributed by atoms with Crippen LogP contribution in [0.25, 0.3) is 0 Å². The van der Waals surface area contributed by atoms with Gasteiger partial charge in [0.15, 0.2) is 0 Å². The largest absolute Gasteiger partial charge is 0.339 e. The van der Waals surface area contributed by atoms with E-state index in [4.69, 9.17) is 0 Å². The lowest BCUT2D eigenvalue weighted by molar-refractivity contribution is -0.114. The normalized spacial score (nSPS) is 11.1. The van der Waals surface area contributed by atoms with Crippen LogP contribution in [0.1, 0.15) is 36.7 Å². The Balaban J connectivity index is 2.25. The molecule has 7 nitrogen and oxygen atoms in total. The molecule has 0 fully saturated rings. The van der Waals surface area contributed by atoms with Crippen molar-refractivity contribution in [2.24, 2.45) is 0 Å². The number of benzene rings is 2. The van der Waals surface area contributed by atoms with Gasteiger partial charge in [0, 0.05) is 13.1 Å². The Morgan fingerprint density at radius 1 is 0.933 bits per heavy atom. The zero-order chi connectivity index (χ0) is 22.3. The first-order chi connectivity index (χ1) is 14.2. The Kier molecular flexibility index (Phi) is 8.00. The van der Waals surface area contributed by atoms with Crippen molar-refractivity contribution in [3.8, 4) is 0 Å². The fourth-order valence-electron chi connectivity index (χ4n) is 3.08. The van der Waals surface area contributed by atoms with Crippen LogP contribution >= 0.6 is 0 Å². The van der Waals surface area contributed by atoms with E-state index in [1.165, 1.54) is 0 Å². The van der Waals surface area contributed by atoms with E-state index in [1.54, 1.807) is 41.3 Å². The second kappa shape index (κ2) is 10.2. The van der Waals surface area contributed by atoms with Crippen molar-refractivity contribution in [1.29, 1.82) is 0 Å². The zero-order valence-corrected chi connectivity index (χ0v) is 18.7. The lowest BCUT2D eigenvalue weighted by Gasteiger charge is -2.23. The second-order valence-corrected chi connectivity index (χ2v) is 8.77. The number of anilines is 2. The fraction of sp³-hybridized carbons (Fsp3) is 0.364. The number of para-hydroxylation sites is 1. The van der Waals surface area contributed by atoms with Gasteiger partial charge in [-0.2, -0.15) is 0 Å².